The van der Waals surface area contributed by atoms with Gasteiger partial charge in [0, 0.05) is 0 Å². The molecule has 2 atom stereocenters. The summed E-state index contributed by atoms with van der Waals surface area (Å²) in [5.41, 5.74) is -2.47. The van der Waals surface area contributed by atoms with Crippen molar-refractivity contribution >= 4 is 17.8 Å². The number of carbonyl (C=O) groups excluding carboxylic acids is 3. The molecule has 0 aliphatic rings. The first-order valence-electron chi connectivity index (χ1n) is 8.82. The van der Waals surface area contributed by atoms with Crippen molar-refractivity contribution in [1.82, 2.24) is 5.32 Å². The number of carbonyl (C=O) groups is 3. The zero-order chi connectivity index (χ0) is 20.8. The number of rotatable bonds is 7. The van der Waals surface area contributed by atoms with Crippen LogP contribution in [-0.2, 0) is 25.7 Å². The molecule has 1 amide bonds. The Morgan fingerprint density at radius 2 is 1.63 bits per heavy atom. The molecule has 1 aromatic carbocycles. The standard InChI is InChI=1S/C20H29NO6/c1-13(2)15(16(22)20(6,25)17(23)27-19(3,4)5)21-18(24)26-12-14-10-8-7-9-11-14/h7-11,13,15,25H,12H2,1-6H3,(H,21,24)/t15-,20-/m1/s1. The average Bonchev–Trinajstić information content (AvgIpc) is 2.56. The highest BCUT2D eigenvalue weighted by Gasteiger charge is 2.46. The average molecular weight is 379 g/mol. The van der Waals surface area contributed by atoms with Crippen LogP contribution in [-0.4, -0.2) is 40.2 Å². The second kappa shape index (κ2) is 8.99. The van der Waals surface area contributed by atoms with E-state index in [1.54, 1.807) is 46.8 Å². The fraction of sp³-hybridized carbons (Fsp3) is 0.550. The van der Waals surface area contributed by atoms with Crippen LogP contribution in [0, 0.1) is 5.92 Å². The molecule has 0 unspecified atom stereocenters. The minimum Gasteiger partial charge on any atom is -0.457 e. The molecule has 0 heterocycles. The van der Waals surface area contributed by atoms with E-state index >= 15 is 0 Å². The third-order valence-corrected chi connectivity index (χ3v) is 3.71. The number of amides is 1. The van der Waals surface area contributed by atoms with Crippen LogP contribution in [0.4, 0.5) is 4.79 Å². The number of esters is 1. The number of aliphatic hydroxyl groups is 1. The Labute approximate surface area is 160 Å². The maximum absolute atomic E-state index is 12.7. The quantitative estimate of drug-likeness (QED) is 0.558. The first kappa shape index (κ1) is 22.6. The van der Waals surface area contributed by atoms with Crippen molar-refractivity contribution in [1.29, 1.82) is 0 Å². The SMILES string of the molecule is CC(C)[C@@H](NC(=O)OCc1ccccc1)C(=O)[C@@](C)(O)C(=O)OC(C)(C)C. The van der Waals surface area contributed by atoms with E-state index in [1.807, 2.05) is 18.2 Å². The molecule has 0 aliphatic carbocycles. The molecule has 1 rings (SSSR count). The molecule has 7 heteroatoms. The van der Waals surface area contributed by atoms with E-state index in [9.17, 15) is 19.5 Å². The number of Topliss-reactive ketones (excluding diaryl/α,β-unsaturated/α-hetero) is 1. The summed E-state index contributed by atoms with van der Waals surface area (Å²) in [4.78, 5) is 37.0. The number of ketones is 1. The van der Waals surface area contributed by atoms with Crippen LogP contribution in [0.2, 0.25) is 0 Å². The smallest absolute Gasteiger partial charge is 0.408 e. The highest BCUT2D eigenvalue weighted by Crippen LogP contribution is 2.19. The summed E-state index contributed by atoms with van der Waals surface area (Å²) in [5.74, 6) is -2.30. The monoisotopic (exact) mass is 379 g/mol. The van der Waals surface area contributed by atoms with Gasteiger partial charge in [-0.25, -0.2) is 9.59 Å². The topological polar surface area (TPSA) is 102 Å². The van der Waals surface area contributed by atoms with E-state index < -0.39 is 35.1 Å². The molecule has 0 fully saturated rings. The predicted octanol–water partition coefficient (Wildman–Crippen LogP) is 2.60. The molecule has 0 aromatic heterocycles. The molecule has 1 aromatic rings. The molecule has 0 spiro atoms. The van der Waals surface area contributed by atoms with Crippen LogP contribution < -0.4 is 5.32 Å². The van der Waals surface area contributed by atoms with Gasteiger partial charge in [-0.3, -0.25) is 4.79 Å². The second-order valence-corrected chi connectivity index (χ2v) is 7.87. The Morgan fingerprint density at radius 3 is 2.11 bits per heavy atom. The van der Waals surface area contributed by atoms with Gasteiger partial charge in [-0.1, -0.05) is 44.2 Å². The number of hydrogen-bond acceptors (Lipinski definition) is 6. The molecule has 0 saturated carbocycles. The lowest BCUT2D eigenvalue weighted by molar-refractivity contribution is -0.179. The third-order valence-electron chi connectivity index (χ3n) is 3.71. The lowest BCUT2D eigenvalue weighted by Gasteiger charge is -2.30. The summed E-state index contributed by atoms with van der Waals surface area (Å²) < 4.78 is 10.2. The second-order valence-electron chi connectivity index (χ2n) is 7.87. The Hall–Kier alpha value is -2.41. The largest absolute Gasteiger partial charge is 0.457 e. The Morgan fingerprint density at radius 1 is 1.07 bits per heavy atom. The molecule has 27 heavy (non-hydrogen) atoms. The van der Waals surface area contributed by atoms with E-state index in [4.69, 9.17) is 9.47 Å². The normalized spacial score (nSPS) is 14.8. The van der Waals surface area contributed by atoms with E-state index in [2.05, 4.69) is 5.32 Å². The number of alkyl carbamates (subject to hydrolysis) is 1. The van der Waals surface area contributed by atoms with Gasteiger partial charge >= 0.3 is 12.1 Å². The lowest BCUT2D eigenvalue weighted by atomic mass is 9.88. The van der Waals surface area contributed by atoms with Crippen molar-refractivity contribution < 1.29 is 29.0 Å². The van der Waals surface area contributed by atoms with Gasteiger partial charge in [0.25, 0.3) is 0 Å². The maximum Gasteiger partial charge on any atom is 0.408 e. The van der Waals surface area contributed by atoms with Crippen molar-refractivity contribution in [2.75, 3.05) is 0 Å². The molecule has 0 aliphatic heterocycles. The Balaban J connectivity index is 2.79. The minimum absolute atomic E-state index is 0.0359. The maximum atomic E-state index is 12.7. The van der Waals surface area contributed by atoms with E-state index in [-0.39, 0.29) is 12.5 Å². The highest BCUT2D eigenvalue weighted by molar-refractivity contribution is 6.09. The van der Waals surface area contributed by atoms with Crippen molar-refractivity contribution in [2.45, 2.75) is 65.4 Å². The van der Waals surface area contributed by atoms with Gasteiger partial charge in [0.15, 0.2) is 5.78 Å². The summed E-state index contributed by atoms with van der Waals surface area (Å²) in [7, 11) is 0. The molecular formula is C20H29NO6. The molecule has 2 N–H and O–H groups in total. The van der Waals surface area contributed by atoms with Gasteiger partial charge in [0.1, 0.15) is 12.2 Å². The number of benzene rings is 1. The molecule has 0 bridgehead atoms. The Bertz CT molecular complexity index is 661. The van der Waals surface area contributed by atoms with Crippen molar-refractivity contribution in [3.63, 3.8) is 0 Å². The van der Waals surface area contributed by atoms with Crippen LogP contribution in [0.25, 0.3) is 0 Å². The molecule has 0 radical (unpaired) electrons. The van der Waals surface area contributed by atoms with E-state index in [1.165, 1.54) is 0 Å². The van der Waals surface area contributed by atoms with Gasteiger partial charge < -0.3 is 19.9 Å². The number of nitrogens with one attached hydrogen (secondary N) is 1. The van der Waals surface area contributed by atoms with Gasteiger partial charge in [0.2, 0.25) is 5.60 Å². The predicted molar refractivity (Wildman–Crippen MR) is 99.9 cm³/mol. The molecular weight excluding hydrogens is 350 g/mol. The van der Waals surface area contributed by atoms with Crippen LogP contribution in [0.5, 0.6) is 0 Å². The van der Waals surface area contributed by atoms with Crippen molar-refractivity contribution in [2.24, 2.45) is 5.92 Å². The summed E-state index contributed by atoms with van der Waals surface area (Å²) in [6.07, 6.45) is -0.814. The molecule has 150 valence electrons. The van der Waals surface area contributed by atoms with Gasteiger partial charge in [-0.15, -0.1) is 0 Å². The van der Waals surface area contributed by atoms with Crippen molar-refractivity contribution in [3.05, 3.63) is 35.9 Å². The number of hydrogen-bond donors (Lipinski definition) is 2. The van der Waals surface area contributed by atoms with Gasteiger partial charge in [-0.2, -0.15) is 0 Å². The van der Waals surface area contributed by atoms with Crippen LogP contribution in [0.1, 0.15) is 47.1 Å². The fourth-order valence-electron chi connectivity index (χ4n) is 2.21. The zero-order valence-corrected chi connectivity index (χ0v) is 16.7. The number of ether oxygens (including phenoxy) is 2. The Kier molecular flexibility index (Phi) is 7.54. The first-order valence-corrected chi connectivity index (χ1v) is 8.82. The lowest BCUT2D eigenvalue weighted by Crippen LogP contribution is -2.57. The highest BCUT2D eigenvalue weighted by atomic mass is 16.6. The fourth-order valence-corrected chi connectivity index (χ4v) is 2.21. The summed E-state index contributed by atoms with van der Waals surface area (Å²) in [5, 5.41) is 12.9. The van der Waals surface area contributed by atoms with Crippen molar-refractivity contribution in [3.8, 4) is 0 Å². The zero-order valence-electron chi connectivity index (χ0n) is 16.7. The van der Waals surface area contributed by atoms with Gasteiger partial charge in [0.05, 0.1) is 6.04 Å². The summed E-state index contributed by atoms with van der Waals surface area (Å²) >= 11 is 0. The minimum atomic E-state index is -2.39. The van der Waals surface area contributed by atoms with Crippen LogP contribution in [0.3, 0.4) is 0 Å². The first-order chi connectivity index (χ1) is 12.3. The van der Waals surface area contributed by atoms with Crippen LogP contribution in [0.15, 0.2) is 30.3 Å². The van der Waals surface area contributed by atoms with E-state index in [0.29, 0.717) is 0 Å². The molecule has 7 nitrogen and oxygen atoms in total. The molecule has 0 saturated heterocycles. The van der Waals surface area contributed by atoms with E-state index in [0.717, 1.165) is 12.5 Å². The van der Waals surface area contributed by atoms with Crippen LogP contribution >= 0.6 is 0 Å². The third kappa shape index (κ3) is 7.02. The summed E-state index contributed by atoms with van der Waals surface area (Å²) in [6.45, 7) is 9.36. The summed E-state index contributed by atoms with van der Waals surface area (Å²) in [6, 6.07) is 7.95. The van der Waals surface area contributed by atoms with Gasteiger partial charge in [-0.05, 0) is 39.2 Å².